The predicted molar refractivity (Wildman–Crippen MR) is 82.3 cm³/mol. The Morgan fingerprint density at radius 3 is 2.45 bits per heavy atom. The number of aryl methyl sites for hydroxylation is 1. The number of nitrogens with zero attached hydrogens (tertiary/aromatic N) is 6. The molecule has 0 N–H and O–H groups in total. The molecule has 0 saturated carbocycles. The Balaban J connectivity index is 1.69. The maximum absolute atomic E-state index is 12.1. The molecule has 0 bridgehead atoms. The van der Waals surface area contributed by atoms with Crippen LogP contribution < -0.4 is 15.4 Å². The van der Waals surface area contributed by atoms with Gasteiger partial charge in [0.1, 0.15) is 0 Å². The summed E-state index contributed by atoms with van der Waals surface area (Å²) in [7, 11) is 1.73. The van der Waals surface area contributed by atoms with E-state index in [-0.39, 0.29) is 11.5 Å². The molecule has 8 heteroatoms. The van der Waals surface area contributed by atoms with Gasteiger partial charge in [-0.15, -0.1) is 5.10 Å². The van der Waals surface area contributed by atoms with E-state index < -0.39 is 0 Å². The van der Waals surface area contributed by atoms with E-state index in [1.165, 1.54) is 0 Å². The van der Waals surface area contributed by atoms with E-state index in [9.17, 15) is 4.79 Å². The highest BCUT2D eigenvalue weighted by Crippen LogP contribution is 2.20. The van der Waals surface area contributed by atoms with Crippen LogP contribution in [0.3, 0.4) is 0 Å². The first-order chi connectivity index (χ1) is 10.6. The van der Waals surface area contributed by atoms with Gasteiger partial charge in [-0.1, -0.05) is 18.9 Å². The SMILES string of the molecule is CC(C)c1nnc(N2CCN(c3nccn(C)c3=O)CC2)o1. The summed E-state index contributed by atoms with van der Waals surface area (Å²) in [5.41, 5.74) is -0.0733. The second kappa shape index (κ2) is 5.78. The van der Waals surface area contributed by atoms with Crippen LogP contribution in [0.4, 0.5) is 11.8 Å². The van der Waals surface area contributed by atoms with Crippen molar-refractivity contribution in [2.24, 2.45) is 7.05 Å². The van der Waals surface area contributed by atoms with Crippen LogP contribution in [0, 0.1) is 0 Å². The van der Waals surface area contributed by atoms with Crippen molar-refractivity contribution in [3.63, 3.8) is 0 Å². The quantitative estimate of drug-likeness (QED) is 0.822. The largest absolute Gasteiger partial charge is 0.408 e. The Morgan fingerprint density at radius 1 is 1.14 bits per heavy atom. The van der Waals surface area contributed by atoms with Crippen molar-refractivity contribution >= 4 is 11.8 Å². The van der Waals surface area contributed by atoms with Gasteiger partial charge in [-0.05, 0) is 0 Å². The third-order valence-electron chi connectivity index (χ3n) is 3.77. The molecule has 0 spiro atoms. The van der Waals surface area contributed by atoms with Crippen molar-refractivity contribution in [1.29, 1.82) is 0 Å². The van der Waals surface area contributed by atoms with Crippen molar-refractivity contribution in [3.05, 3.63) is 28.6 Å². The zero-order chi connectivity index (χ0) is 15.7. The highest BCUT2D eigenvalue weighted by molar-refractivity contribution is 5.39. The molecule has 0 radical (unpaired) electrons. The summed E-state index contributed by atoms with van der Waals surface area (Å²) in [6.45, 7) is 6.88. The molecular weight excluding hydrogens is 284 g/mol. The minimum atomic E-state index is -0.0733. The molecule has 0 atom stereocenters. The standard InChI is InChI=1S/C14H20N6O2/c1-10(2)12-16-17-14(22-12)20-8-6-19(7-9-20)11-13(21)18(3)5-4-15-11/h4-5,10H,6-9H2,1-3H3. The number of anilines is 2. The van der Waals surface area contributed by atoms with Gasteiger partial charge in [-0.25, -0.2) is 4.98 Å². The third-order valence-corrected chi connectivity index (χ3v) is 3.77. The number of hydrogen-bond donors (Lipinski definition) is 0. The van der Waals surface area contributed by atoms with Gasteiger partial charge in [0.15, 0.2) is 5.82 Å². The fraction of sp³-hybridized carbons (Fsp3) is 0.571. The van der Waals surface area contributed by atoms with E-state index in [2.05, 4.69) is 15.2 Å². The highest BCUT2D eigenvalue weighted by Gasteiger charge is 2.24. The summed E-state index contributed by atoms with van der Waals surface area (Å²) in [4.78, 5) is 20.4. The molecule has 22 heavy (non-hydrogen) atoms. The van der Waals surface area contributed by atoms with Crippen LogP contribution in [0.15, 0.2) is 21.6 Å². The molecule has 118 valence electrons. The fourth-order valence-electron chi connectivity index (χ4n) is 2.40. The fourth-order valence-corrected chi connectivity index (χ4v) is 2.40. The van der Waals surface area contributed by atoms with Gasteiger partial charge in [0.2, 0.25) is 5.89 Å². The van der Waals surface area contributed by atoms with Crippen LogP contribution >= 0.6 is 0 Å². The second-order valence-corrected chi connectivity index (χ2v) is 5.72. The Hall–Kier alpha value is -2.38. The molecule has 0 aliphatic carbocycles. The average Bonchev–Trinajstić information content (AvgIpc) is 3.00. The van der Waals surface area contributed by atoms with E-state index in [0.717, 1.165) is 13.1 Å². The molecule has 0 amide bonds. The lowest BCUT2D eigenvalue weighted by atomic mass is 10.2. The molecule has 3 rings (SSSR count). The van der Waals surface area contributed by atoms with Gasteiger partial charge < -0.3 is 18.8 Å². The van der Waals surface area contributed by atoms with Crippen molar-refractivity contribution < 1.29 is 4.42 Å². The van der Waals surface area contributed by atoms with Gasteiger partial charge in [0, 0.05) is 51.5 Å². The summed E-state index contributed by atoms with van der Waals surface area (Å²) in [6.07, 6.45) is 3.31. The molecule has 1 aliphatic heterocycles. The molecule has 3 heterocycles. The van der Waals surface area contributed by atoms with Gasteiger partial charge in [-0.3, -0.25) is 4.79 Å². The summed E-state index contributed by atoms with van der Waals surface area (Å²) in [6, 6.07) is 0.553. The summed E-state index contributed by atoms with van der Waals surface area (Å²) >= 11 is 0. The second-order valence-electron chi connectivity index (χ2n) is 5.72. The molecular formula is C14H20N6O2. The van der Waals surface area contributed by atoms with Gasteiger partial charge >= 0.3 is 6.01 Å². The van der Waals surface area contributed by atoms with Crippen LogP contribution in [0.1, 0.15) is 25.7 Å². The Labute approximate surface area is 128 Å². The van der Waals surface area contributed by atoms with E-state index in [1.807, 2.05) is 23.6 Å². The summed E-state index contributed by atoms with van der Waals surface area (Å²) in [5.74, 6) is 1.37. The highest BCUT2D eigenvalue weighted by atomic mass is 16.4. The van der Waals surface area contributed by atoms with Crippen LogP contribution in [0.25, 0.3) is 0 Å². The molecule has 2 aromatic rings. The number of aromatic nitrogens is 4. The molecule has 2 aromatic heterocycles. The van der Waals surface area contributed by atoms with E-state index in [0.29, 0.717) is 30.8 Å². The lowest BCUT2D eigenvalue weighted by molar-refractivity contribution is 0.455. The summed E-state index contributed by atoms with van der Waals surface area (Å²) in [5, 5.41) is 8.16. The third kappa shape index (κ3) is 2.68. The molecule has 1 fully saturated rings. The maximum atomic E-state index is 12.1. The predicted octanol–water partition coefficient (Wildman–Crippen LogP) is 0.613. The Bertz CT molecular complexity index is 699. The van der Waals surface area contributed by atoms with Crippen LogP contribution in [0.2, 0.25) is 0 Å². The smallest absolute Gasteiger partial charge is 0.318 e. The lowest BCUT2D eigenvalue weighted by Gasteiger charge is -2.33. The molecule has 0 aromatic carbocycles. The number of hydrogen-bond acceptors (Lipinski definition) is 7. The van der Waals surface area contributed by atoms with Crippen molar-refractivity contribution in [3.8, 4) is 0 Å². The molecule has 0 unspecified atom stereocenters. The van der Waals surface area contributed by atoms with Crippen molar-refractivity contribution in [2.75, 3.05) is 36.0 Å². The lowest BCUT2D eigenvalue weighted by Crippen LogP contribution is -2.48. The summed E-state index contributed by atoms with van der Waals surface area (Å²) < 4.78 is 7.22. The first-order valence-electron chi connectivity index (χ1n) is 7.41. The van der Waals surface area contributed by atoms with Gasteiger partial charge in [-0.2, -0.15) is 0 Å². The minimum Gasteiger partial charge on any atom is -0.408 e. The first-order valence-corrected chi connectivity index (χ1v) is 7.41. The van der Waals surface area contributed by atoms with Crippen LogP contribution in [-0.2, 0) is 7.05 Å². The average molecular weight is 304 g/mol. The van der Waals surface area contributed by atoms with Crippen LogP contribution in [-0.4, -0.2) is 45.9 Å². The molecule has 1 aliphatic rings. The van der Waals surface area contributed by atoms with E-state index in [4.69, 9.17) is 4.42 Å². The van der Waals surface area contributed by atoms with Gasteiger partial charge in [0.25, 0.3) is 5.56 Å². The van der Waals surface area contributed by atoms with E-state index >= 15 is 0 Å². The van der Waals surface area contributed by atoms with Crippen molar-refractivity contribution in [2.45, 2.75) is 19.8 Å². The van der Waals surface area contributed by atoms with Crippen LogP contribution in [0.5, 0.6) is 0 Å². The van der Waals surface area contributed by atoms with E-state index in [1.54, 1.807) is 24.0 Å². The first kappa shape index (κ1) is 14.6. The zero-order valence-electron chi connectivity index (χ0n) is 13.1. The minimum absolute atomic E-state index is 0.0733. The Morgan fingerprint density at radius 2 is 1.82 bits per heavy atom. The Kier molecular flexibility index (Phi) is 3.82. The van der Waals surface area contributed by atoms with Crippen molar-refractivity contribution in [1.82, 2.24) is 19.7 Å². The molecule has 8 nitrogen and oxygen atoms in total. The normalized spacial score (nSPS) is 15.6. The number of piperazine rings is 1. The van der Waals surface area contributed by atoms with Gasteiger partial charge in [0.05, 0.1) is 0 Å². The zero-order valence-corrected chi connectivity index (χ0v) is 13.1. The topological polar surface area (TPSA) is 80.3 Å². The number of rotatable bonds is 3. The molecule has 1 saturated heterocycles. The maximum Gasteiger partial charge on any atom is 0.318 e. The monoisotopic (exact) mass is 304 g/mol.